The van der Waals surface area contributed by atoms with Crippen LogP contribution in [0.15, 0.2) is 23.1 Å². The Bertz CT molecular complexity index is 546. The summed E-state index contributed by atoms with van der Waals surface area (Å²) in [6, 6.07) is 3.97. The van der Waals surface area contributed by atoms with Crippen molar-refractivity contribution >= 4 is 10.0 Å². The van der Waals surface area contributed by atoms with Crippen molar-refractivity contribution in [1.29, 1.82) is 0 Å². The summed E-state index contributed by atoms with van der Waals surface area (Å²) in [5, 5.41) is 0. The molecule has 0 atom stereocenters. The molecule has 1 rings (SSSR count). The van der Waals surface area contributed by atoms with E-state index in [1.807, 2.05) is 20.8 Å². The minimum atomic E-state index is -3.88. The average molecular weight is 302 g/mol. The van der Waals surface area contributed by atoms with Gasteiger partial charge in [-0.1, -0.05) is 26.8 Å². The predicted molar refractivity (Wildman–Crippen MR) is 78.2 cm³/mol. The molecule has 0 spiro atoms. The van der Waals surface area contributed by atoms with Gasteiger partial charge in [0.25, 0.3) is 0 Å². The van der Waals surface area contributed by atoms with Crippen LogP contribution in [0, 0.1) is 5.82 Å². The molecule has 0 radical (unpaired) electrons. The van der Waals surface area contributed by atoms with Crippen molar-refractivity contribution in [2.75, 3.05) is 0 Å². The van der Waals surface area contributed by atoms with Crippen LogP contribution in [0.3, 0.4) is 0 Å². The first kappa shape index (κ1) is 17.1. The second kappa shape index (κ2) is 6.65. The Morgan fingerprint density at radius 1 is 1.20 bits per heavy atom. The first-order chi connectivity index (χ1) is 9.34. The van der Waals surface area contributed by atoms with Crippen molar-refractivity contribution in [3.05, 3.63) is 29.6 Å². The molecular weight excluding hydrogens is 279 g/mol. The molecule has 20 heavy (non-hydrogen) atoms. The van der Waals surface area contributed by atoms with Crippen LogP contribution in [0.2, 0.25) is 0 Å². The molecule has 4 nitrogen and oxygen atoms in total. The van der Waals surface area contributed by atoms with Crippen molar-refractivity contribution in [2.24, 2.45) is 5.73 Å². The number of rotatable bonds is 7. The molecule has 0 aromatic heterocycles. The fourth-order valence-corrected chi connectivity index (χ4v) is 3.87. The molecule has 0 unspecified atom stereocenters. The Morgan fingerprint density at radius 2 is 1.75 bits per heavy atom. The fourth-order valence-electron chi connectivity index (χ4n) is 2.20. The molecule has 0 aliphatic heterocycles. The molecule has 3 N–H and O–H groups in total. The normalized spacial score (nSPS) is 12.7. The van der Waals surface area contributed by atoms with Gasteiger partial charge in [0.15, 0.2) is 0 Å². The molecular formula is C14H23FN2O2S. The quantitative estimate of drug-likeness (QED) is 0.813. The van der Waals surface area contributed by atoms with Crippen molar-refractivity contribution in [2.45, 2.75) is 57.0 Å². The lowest BCUT2D eigenvalue weighted by Crippen LogP contribution is -2.47. The Balaban J connectivity index is 3.17. The maximum atomic E-state index is 13.9. The summed E-state index contributed by atoms with van der Waals surface area (Å²) in [6.45, 7) is 5.93. The van der Waals surface area contributed by atoms with E-state index in [0.717, 1.165) is 0 Å². The lowest BCUT2D eigenvalue weighted by Gasteiger charge is -2.31. The van der Waals surface area contributed by atoms with E-state index < -0.39 is 21.4 Å². The summed E-state index contributed by atoms with van der Waals surface area (Å²) >= 11 is 0. The monoisotopic (exact) mass is 302 g/mol. The van der Waals surface area contributed by atoms with Gasteiger partial charge in [0.1, 0.15) is 10.7 Å². The van der Waals surface area contributed by atoms with Gasteiger partial charge in [-0.25, -0.2) is 17.5 Å². The van der Waals surface area contributed by atoms with E-state index in [0.29, 0.717) is 24.8 Å². The van der Waals surface area contributed by atoms with E-state index in [-0.39, 0.29) is 11.4 Å². The van der Waals surface area contributed by atoms with Gasteiger partial charge < -0.3 is 5.73 Å². The van der Waals surface area contributed by atoms with Gasteiger partial charge in [-0.15, -0.1) is 0 Å². The summed E-state index contributed by atoms with van der Waals surface area (Å²) in [5.74, 6) is -0.766. The van der Waals surface area contributed by atoms with E-state index in [4.69, 9.17) is 5.73 Å². The van der Waals surface area contributed by atoms with Gasteiger partial charge in [-0.3, -0.25) is 0 Å². The van der Waals surface area contributed by atoms with Crippen LogP contribution in [0.5, 0.6) is 0 Å². The Kier molecular flexibility index (Phi) is 5.68. The van der Waals surface area contributed by atoms with E-state index >= 15 is 0 Å². The highest BCUT2D eigenvalue weighted by Gasteiger charge is 2.31. The molecule has 0 bridgehead atoms. The summed E-state index contributed by atoms with van der Waals surface area (Å²) in [4.78, 5) is -0.325. The Labute approximate surface area is 120 Å². The third kappa shape index (κ3) is 3.56. The lowest BCUT2D eigenvalue weighted by molar-refractivity contribution is 0.341. The number of hydrogen-bond acceptors (Lipinski definition) is 3. The lowest BCUT2D eigenvalue weighted by atomic mass is 9.91. The molecule has 0 saturated carbocycles. The number of halogens is 1. The van der Waals surface area contributed by atoms with Crippen LogP contribution in [0.4, 0.5) is 4.39 Å². The van der Waals surface area contributed by atoms with Crippen molar-refractivity contribution in [3.8, 4) is 0 Å². The molecule has 0 fully saturated rings. The van der Waals surface area contributed by atoms with Crippen LogP contribution in [0.1, 0.15) is 45.6 Å². The van der Waals surface area contributed by atoms with Crippen LogP contribution < -0.4 is 10.5 Å². The summed E-state index contributed by atoms with van der Waals surface area (Å²) in [5.41, 5.74) is 5.45. The zero-order valence-corrected chi connectivity index (χ0v) is 13.1. The topological polar surface area (TPSA) is 72.2 Å². The largest absolute Gasteiger partial charge is 0.326 e. The van der Waals surface area contributed by atoms with Crippen molar-refractivity contribution in [1.82, 2.24) is 4.72 Å². The third-order valence-corrected chi connectivity index (χ3v) is 5.51. The van der Waals surface area contributed by atoms with Gasteiger partial charge in [-0.2, -0.15) is 0 Å². The number of nitrogens with two attached hydrogens (primary N) is 1. The zero-order chi connectivity index (χ0) is 15.4. The summed E-state index contributed by atoms with van der Waals surface area (Å²) in [6.07, 6.45) is 1.96. The minimum Gasteiger partial charge on any atom is -0.326 e. The van der Waals surface area contributed by atoms with Crippen LogP contribution >= 0.6 is 0 Å². The molecule has 0 saturated heterocycles. The van der Waals surface area contributed by atoms with E-state index in [1.54, 1.807) is 0 Å². The van der Waals surface area contributed by atoms with Crippen LogP contribution in [-0.2, 0) is 16.6 Å². The summed E-state index contributed by atoms with van der Waals surface area (Å²) < 4.78 is 41.3. The smallest absolute Gasteiger partial charge is 0.243 e. The van der Waals surface area contributed by atoms with Gasteiger partial charge in [0, 0.05) is 12.1 Å². The number of nitrogens with one attached hydrogen (secondary N) is 1. The van der Waals surface area contributed by atoms with Gasteiger partial charge in [0.2, 0.25) is 10.0 Å². The molecule has 114 valence electrons. The summed E-state index contributed by atoms with van der Waals surface area (Å²) in [7, 11) is -3.88. The highest BCUT2D eigenvalue weighted by Crippen LogP contribution is 2.24. The van der Waals surface area contributed by atoms with Crippen LogP contribution in [-0.4, -0.2) is 14.0 Å². The molecule has 0 aliphatic rings. The second-order valence-electron chi connectivity index (χ2n) is 4.92. The van der Waals surface area contributed by atoms with Gasteiger partial charge in [-0.05, 0) is 37.0 Å². The van der Waals surface area contributed by atoms with E-state index in [1.165, 1.54) is 18.2 Å². The number of sulfonamides is 1. The van der Waals surface area contributed by atoms with E-state index in [2.05, 4.69) is 4.72 Å². The maximum absolute atomic E-state index is 13.9. The first-order valence-corrected chi connectivity index (χ1v) is 8.35. The standard InChI is InChI=1S/C14H23FN2O2S/c1-4-14(5-2,6-3)17-20(18,19)13-8-7-11(10-16)9-12(13)15/h7-9,17H,4-6,10,16H2,1-3H3. The molecule has 1 aromatic rings. The third-order valence-electron chi connectivity index (χ3n) is 3.90. The van der Waals surface area contributed by atoms with Gasteiger partial charge in [0.05, 0.1) is 0 Å². The average Bonchev–Trinajstić information content (AvgIpc) is 2.44. The van der Waals surface area contributed by atoms with Gasteiger partial charge >= 0.3 is 0 Å². The van der Waals surface area contributed by atoms with Crippen molar-refractivity contribution in [3.63, 3.8) is 0 Å². The highest BCUT2D eigenvalue weighted by molar-refractivity contribution is 7.89. The minimum absolute atomic E-state index is 0.174. The fraction of sp³-hybridized carbons (Fsp3) is 0.571. The highest BCUT2D eigenvalue weighted by atomic mass is 32.2. The Hall–Kier alpha value is -0.980. The van der Waals surface area contributed by atoms with Crippen LogP contribution in [0.25, 0.3) is 0 Å². The SMILES string of the molecule is CCC(CC)(CC)NS(=O)(=O)c1ccc(CN)cc1F. The molecule has 0 amide bonds. The maximum Gasteiger partial charge on any atom is 0.243 e. The molecule has 0 heterocycles. The first-order valence-electron chi connectivity index (χ1n) is 6.86. The van der Waals surface area contributed by atoms with E-state index in [9.17, 15) is 12.8 Å². The zero-order valence-electron chi connectivity index (χ0n) is 12.2. The molecule has 6 heteroatoms. The number of benzene rings is 1. The molecule has 0 aliphatic carbocycles. The predicted octanol–water partition coefficient (Wildman–Crippen LogP) is 2.53. The number of hydrogen-bond donors (Lipinski definition) is 2. The second-order valence-corrected chi connectivity index (χ2v) is 6.57. The molecule has 1 aromatic carbocycles. The van der Waals surface area contributed by atoms with Crippen molar-refractivity contribution < 1.29 is 12.8 Å². The Morgan fingerprint density at radius 3 is 2.15 bits per heavy atom.